The van der Waals surface area contributed by atoms with Gasteiger partial charge in [-0.05, 0) is 56.6 Å². The summed E-state index contributed by atoms with van der Waals surface area (Å²) < 4.78 is 13.6. The molecule has 1 N–H and O–H groups in total. The van der Waals surface area contributed by atoms with Crippen LogP contribution in [0.3, 0.4) is 0 Å². The predicted molar refractivity (Wildman–Crippen MR) is 87.6 cm³/mol. The molecule has 0 spiro atoms. The quantitative estimate of drug-likeness (QED) is 0.813. The molecule has 5 heteroatoms. The second-order valence-electron chi connectivity index (χ2n) is 5.87. The molecule has 1 amide bonds. The third-order valence-electron chi connectivity index (χ3n) is 4.04. The lowest BCUT2D eigenvalue weighted by atomic mass is 10.1. The Labute approximate surface area is 136 Å². The van der Waals surface area contributed by atoms with Gasteiger partial charge in [-0.2, -0.15) is 0 Å². The fourth-order valence-electron chi connectivity index (χ4n) is 2.79. The zero-order chi connectivity index (χ0) is 15.8. The van der Waals surface area contributed by atoms with Gasteiger partial charge in [0.15, 0.2) is 0 Å². The number of nitrogens with one attached hydrogen (secondary N) is 1. The van der Waals surface area contributed by atoms with Gasteiger partial charge in [0.05, 0.1) is 6.42 Å². The predicted octanol–water partition coefficient (Wildman–Crippen LogP) is 3.40. The summed E-state index contributed by atoms with van der Waals surface area (Å²) in [5, 5.41) is 3.21. The standard InChI is InChI=1S/C17H24ClFN2O/c18-15-7-6-14(16(19)13-15)12-17(22)20-8-5-11-21-9-3-1-2-4-10-21/h6-7,13H,1-5,8-12H2,(H,20,22). The van der Waals surface area contributed by atoms with Gasteiger partial charge in [-0.15, -0.1) is 0 Å². The third kappa shape index (κ3) is 5.93. The van der Waals surface area contributed by atoms with E-state index in [1.807, 2.05) is 0 Å². The summed E-state index contributed by atoms with van der Waals surface area (Å²) >= 11 is 5.70. The monoisotopic (exact) mass is 326 g/mol. The first-order chi connectivity index (χ1) is 10.6. The van der Waals surface area contributed by atoms with Gasteiger partial charge in [0, 0.05) is 11.6 Å². The van der Waals surface area contributed by atoms with Gasteiger partial charge in [-0.3, -0.25) is 4.79 Å². The van der Waals surface area contributed by atoms with Crippen molar-refractivity contribution >= 4 is 17.5 Å². The van der Waals surface area contributed by atoms with E-state index >= 15 is 0 Å². The van der Waals surface area contributed by atoms with E-state index in [9.17, 15) is 9.18 Å². The Hall–Kier alpha value is -1.13. The van der Waals surface area contributed by atoms with Gasteiger partial charge >= 0.3 is 0 Å². The number of amides is 1. The molecule has 1 heterocycles. The molecule has 1 fully saturated rings. The average Bonchev–Trinajstić information content (AvgIpc) is 2.75. The summed E-state index contributed by atoms with van der Waals surface area (Å²) in [4.78, 5) is 14.3. The fraction of sp³-hybridized carbons (Fsp3) is 0.588. The molecule has 1 aromatic rings. The lowest BCUT2D eigenvalue weighted by Crippen LogP contribution is -2.31. The molecule has 0 aromatic heterocycles. The Kier molecular flexibility index (Phi) is 7.13. The molecule has 0 saturated carbocycles. The molecule has 0 aliphatic carbocycles. The van der Waals surface area contributed by atoms with Crippen molar-refractivity contribution < 1.29 is 9.18 Å². The van der Waals surface area contributed by atoms with Crippen LogP contribution in [0.25, 0.3) is 0 Å². The minimum atomic E-state index is -0.424. The van der Waals surface area contributed by atoms with Crippen LogP contribution >= 0.6 is 11.6 Å². The summed E-state index contributed by atoms with van der Waals surface area (Å²) in [6.45, 7) is 4.01. The van der Waals surface area contributed by atoms with E-state index in [0.717, 1.165) is 13.0 Å². The molecule has 3 nitrogen and oxygen atoms in total. The normalized spacial score (nSPS) is 16.3. The fourth-order valence-corrected chi connectivity index (χ4v) is 2.95. The van der Waals surface area contributed by atoms with E-state index in [1.165, 1.54) is 44.8 Å². The first-order valence-electron chi connectivity index (χ1n) is 8.08. The number of nitrogens with zero attached hydrogens (tertiary/aromatic N) is 1. The number of rotatable bonds is 6. The van der Waals surface area contributed by atoms with Crippen LogP contribution in [0.1, 0.15) is 37.7 Å². The number of carbonyl (C=O) groups is 1. The zero-order valence-electron chi connectivity index (χ0n) is 12.9. The van der Waals surface area contributed by atoms with Crippen molar-refractivity contribution in [3.63, 3.8) is 0 Å². The van der Waals surface area contributed by atoms with Crippen molar-refractivity contribution in [3.05, 3.63) is 34.6 Å². The van der Waals surface area contributed by atoms with Gasteiger partial charge < -0.3 is 10.2 Å². The molecule has 0 radical (unpaired) electrons. The van der Waals surface area contributed by atoms with E-state index in [2.05, 4.69) is 10.2 Å². The summed E-state index contributed by atoms with van der Waals surface area (Å²) in [7, 11) is 0. The maximum absolute atomic E-state index is 13.6. The van der Waals surface area contributed by atoms with Crippen LogP contribution in [0.5, 0.6) is 0 Å². The molecular formula is C17H24ClFN2O. The van der Waals surface area contributed by atoms with Gasteiger partial charge in [0.25, 0.3) is 0 Å². The number of halogens is 2. The molecule has 22 heavy (non-hydrogen) atoms. The van der Waals surface area contributed by atoms with E-state index < -0.39 is 5.82 Å². The largest absolute Gasteiger partial charge is 0.356 e. The van der Waals surface area contributed by atoms with Gasteiger partial charge in [0.2, 0.25) is 5.91 Å². The number of benzene rings is 1. The first kappa shape index (κ1) is 17.2. The number of carbonyl (C=O) groups excluding carboxylic acids is 1. The maximum Gasteiger partial charge on any atom is 0.224 e. The highest BCUT2D eigenvalue weighted by Crippen LogP contribution is 2.15. The van der Waals surface area contributed by atoms with E-state index in [4.69, 9.17) is 11.6 Å². The highest BCUT2D eigenvalue weighted by molar-refractivity contribution is 6.30. The molecule has 1 aliphatic rings. The lowest BCUT2D eigenvalue weighted by Gasteiger charge is -2.19. The number of hydrogen-bond donors (Lipinski definition) is 1. The van der Waals surface area contributed by atoms with E-state index in [1.54, 1.807) is 12.1 Å². The first-order valence-corrected chi connectivity index (χ1v) is 8.46. The van der Waals surface area contributed by atoms with Crippen LogP contribution in [-0.4, -0.2) is 37.0 Å². The zero-order valence-corrected chi connectivity index (χ0v) is 13.7. The molecule has 0 bridgehead atoms. The summed E-state index contributed by atoms with van der Waals surface area (Å²) in [6, 6.07) is 4.41. The molecule has 1 aromatic carbocycles. The number of likely N-dealkylation sites (tertiary alicyclic amines) is 1. The number of hydrogen-bond acceptors (Lipinski definition) is 2. The molecule has 1 aliphatic heterocycles. The van der Waals surface area contributed by atoms with Crippen LogP contribution in [0.15, 0.2) is 18.2 Å². The van der Waals surface area contributed by atoms with Gasteiger partial charge in [-0.25, -0.2) is 4.39 Å². The van der Waals surface area contributed by atoms with Crippen LogP contribution in [-0.2, 0) is 11.2 Å². The second kappa shape index (κ2) is 9.11. The van der Waals surface area contributed by atoms with Crippen molar-refractivity contribution in [1.82, 2.24) is 10.2 Å². The van der Waals surface area contributed by atoms with Gasteiger partial charge in [0.1, 0.15) is 5.82 Å². The Bertz CT molecular complexity index is 488. The van der Waals surface area contributed by atoms with Crippen LogP contribution in [0.4, 0.5) is 4.39 Å². The summed E-state index contributed by atoms with van der Waals surface area (Å²) in [5.41, 5.74) is 0.384. The van der Waals surface area contributed by atoms with Crippen molar-refractivity contribution in [1.29, 1.82) is 0 Å². The van der Waals surface area contributed by atoms with Crippen LogP contribution in [0, 0.1) is 5.82 Å². The average molecular weight is 327 g/mol. The molecule has 0 atom stereocenters. The smallest absolute Gasteiger partial charge is 0.224 e. The highest BCUT2D eigenvalue weighted by Gasteiger charge is 2.10. The maximum atomic E-state index is 13.6. The molecular weight excluding hydrogens is 303 g/mol. The van der Waals surface area contributed by atoms with Crippen molar-refractivity contribution in [3.8, 4) is 0 Å². The van der Waals surface area contributed by atoms with Crippen molar-refractivity contribution in [2.24, 2.45) is 0 Å². The van der Waals surface area contributed by atoms with Crippen LogP contribution < -0.4 is 5.32 Å². The van der Waals surface area contributed by atoms with Crippen molar-refractivity contribution in [2.45, 2.75) is 38.5 Å². The Morgan fingerprint density at radius 1 is 1.23 bits per heavy atom. The van der Waals surface area contributed by atoms with E-state index in [0.29, 0.717) is 17.1 Å². The Morgan fingerprint density at radius 2 is 1.95 bits per heavy atom. The topological polar surface area (TPSA) is 32.3 Å². The SMILES string of the molecule is O=C(Cc1ccc(Cl)cc1F)NCCCN1CCCCCC1. The molecule has 0 unspecified atom stereocenters. The highest BCUT2D eigenvalue weighted by atomic mass is 35.5. The molecule has 2 rings (SSSR count). The van der Waals surface area contributed by atoms with E-state index in [-0.39, 0.29) is 12.3 Å². The Morgan fingerprint density at radius 3 is 2.64 bits per heavy atom. The minimum Gasteiger partial charge on any atom is -0.356 e. The lowest BCUT2D eigenvalue weighted by molar-refractivity contribution is -0.120. The van der Waals surface area contributed by atoms with Crippen molar-refractivity contribution in [2.75, 3.05) is 26.2 Å². The van der Waals surface area contributed by atoms with Crippen LogP contribution in [0.2, 0.25) is 5.02 Å². The third-order valence-corrected chi connectivity index (χ3v) is 4.27. The Balaban J connectivity index is 1.65. The van der Waals surface area contributed by atoms with Gasteiger partial charge in [-0.1, -0.05) is 30.5 Å². The molecule has 1 saturated heterocycles. The second-order valence-corrected chi connectivity index (χ2v) is 6.31. The summed E-state index contributed by atoms with van der Waals surface area (Å²) in [5.74, 6) is -0.565. The molecule has 122 valence electrons. The summed E-state index contributed by atoms with van der Waals surface area (Å²) in [6.07, 6.45) is 6.23. The minimum absolute atomic E-state index is 0.0622.